The first-order valence-electron chi connectivity index (χ1n) is 6.91. The lowest BCUT2D eigenvalue weighted by molar-refractivity contribution is 0.00217. The Labute approximate surface area is 116 Å². The molecule has 1 aliphatic carbocycles. The molecule has 0 bridgehead atoms. The fourth-order valence-electron chi connectivity index (χ4n) is 2.62. The highest BCUT2D eigenvalue weighted by Gasteiger charge is 2.32. The molecule has 0 amide bonds. The maximum atomic E-state index is 13.4. The molecule has 1 aromatic heterocycles. The van der Waals surface area contributed by atoms with Crippen LogP contribution in [0.3, 0.4) is 0 Å². The minimum Gasteiger partial charge on any atom is -0.388 e. The second kappa shape index (κ2) is 5.99. The van der Waals surface area contributed by atoms with Gasteiger partial charge >= 0.3 is 0 Å². The smallest absolute Gasteiger partial charge is 0.251 e. The Morgan fingerprint density at radius 1 is 1.30 bits per heavy atom. The summed E-state index contributed by atoms with van der Waals surface area (Å²) in [6, 6.07) is 0.447. The molecule has 3 nitrogen and oxygen atoms in total. The van der Waals surface area contributed by atoms with E-state index in [1.807, 2.05) is 0 Å². The third-order valence-electron chi connectivity index (χ3n) is 4.08. The summed E-state index contributed by atoms with van der Waals surface area (Å²) in [6.45, 7) is 2.20. The minimum absolute atomic E-state index is 0.0818. The van der Waals surface area contributed by atoms with Crippen LogP contribution in [0.1, 0.15) is 39.0 Å². The molecule has 1 fully saturated rings. The first-order chi connectivity index (χ1) is 9.43. The van der Waals surface area contributed by atoms with E-state index in [9.17, 15) is 18.3 Å². The average molecular weight is 288 g/mol. The van der Waals surface area contributed by atoms with Crippen LogP contribution in [0.4, 0.5) is 19.0 Å². The zero-order valence-corrected chi connectivity index (χ0v) is 11.4. The van der Waals surface area contributed by atoms with Crippen LogP contribution in [-0.2, 0) is 0 Å². The van der Waals surface area contributed by atoms with E-state index in [1.165, 1.54) is 0 Å². The molecule has 20 heavy (non-hydrogen) atoms. The summed E-state index contributed by atoms with van der Waals surface area (Å²) in [5.41, 5.74) is -0.940. The van der Waals surface area contributed by atoms with Gasteiger partial charge in [-0.05, 0) is 31.6 Å². The lowest BCUT2D eigenvalue weighted by Gasteiger charge is -2.36. The number of anilines is 1. The average Bonchev–Trinajstić information content (AvgIpc) is 2.42. The molecule has 0 spiro atoms. The number of nitrogens with zero attached hydrogens (tertiary/aromatic N) is 1. The highest BCUT2D eigenvalue weighted by atomic mass is 19.2. The van der Waals surface area contributed by atoms with Crippen molar-refractivity contribution in [1.29, 1.82) is 0 Å². The molecule has 0 atom stereocenters. The topological polar surface area (TPSA) is 45.1 Å². The summed E-state index contributed by atoms with van der Waals surface area (Å²) >= 11 is 0. The Bertz CT molecular complexity index is 474. The summed E-state index contributed by atoms with van der Waals surface area (Å²) < 4.78 is 39.1. The van der Waals surface area contributed by atoms with Gasteiger partial charge in [-0.3, -0.25) is 0 Å². The van der Waals surface area contributed by atoms with Crippen molar-refractivity contribution in [2.75, 3.05) is 11.9 Å². The van der Waals surface area contributed by atoms with Crippen LogP contribution in [0.2, 0.25) is 0 Å². The second-order valence-corrected chi connectivity index (χ2v) is 5.52. The van der Waals surface area contributed by atoms with Crippen molar-refractivity contribution in [2.45, 2.75) is 44.6 Å². The Morgan fingerprint density at radius 3 is 2.55 bits per heavy atom. The molecule has 2 N–H and O–H groups in total. The zero-order chi connectivity index (χ0) is 14.8. The van der Waals surface area contributed by atoms with Crippen molar-refractivity contribution in [3.8, 4) is 0 Å². The van der Waals surface area contributed by atoms with Gasteiger partial charge in [0.15, 0.2) is 17.5 Å². The van der Waals surface area contributed by atoms with Crippen LogP contribution in [0.15, 0.2) is 6.07 Å². The molecule has 0 unspecified atom stereocenters. The van der Waals surface area contributed by atoms with Gasteiger partial charge in [0.2, 0.25) is 0 Å². The summed E-state index contributed by atoms with van der Waals surface area (Å²) in [6.07, 6.45) is 4.15. The Kier molecular flexibility index (Phi) is 4.52. The third kappa shape index (κ3) is 3.42. The standard InChI is InChI=1S/C14H19F3N2O/c1-2-9-3-5-14(20,6-4-9)8-18-13-11(16)7-10(15)12(17)19-13/h7,9,20H,2-6,8H2,1H3,(H,18,19). The summed E-state index contributed by atoms with van der Waals surface area (Å²) in [4.78, 5) is 3.18. The van der Waals surface area contributed by atoms with Gasteiger partial charge in [-0.15, -0.1) is 0 Å². The van der Waals surface area contributed by atoms with E-state index in [4.69, 9.17) is 0 Å². The van der Waals surface area contributed by atoms with Gasteiger partial charge in [-0.2, -0.15) is 9.37 Å². The molecular formula is C14H19F3N2O. The molecule has 2 rings (SSSR count). The van der Waals surface area contributed by atoms with Crippen LogP contribution >= 0.6 is 0 Å². The van der Waals surface area contributed by atoms with Gasteiger partial charge in [0.1, 0.15) is 0 Å². The molecule has 1 saturated carbocycles. The van der Waals surface area contributed by atoms with Crippen LogP contribution in [0.25, 0.3) is 0 Å². The number of rotatable bonds is 4. The van der Waals surface area contributed by atoms with Gasteiger partial charge in [-0.1, -0.05) is 13.3 Å². The minimum atomic E-state index is -1.35. The molecule has 112 valence electrons. The number of hydrogen-bond donors (Lipinski definition) is 2. The second-order valence-electron chi connectivity index (χ2n) is 5.52. The predicted molar refractivity (Wildman–Crippen MR) is 69.8 cm³/mol. The molecule has 1 aromatic rings. The Balaban J connectivity index is 1.97. The Hall–Kier alpha value is -1.30. The summed E-state index contributed by atoms with van der Waals surface area (Å²) in [7, 11) is 0. The number of aromatic nitrogens is 1. The highest BCUT2D eigenvalue weighted by Crippen LogP contribution is 2.33. The van der Waals surface area contributed by atoms with Crippen LogP contribution in [0, 0.1) is 23.5 Å². The summed E-state index contributed by atoms with van der Waals surface area (Å²) in [5.74, 6) is -3.39. The number of pyridine rings is 1. The van der Waals surface area contributed by atoms with Gasteiger partial charge < -0.3 is 10.4 Å². The maximum absolute atomic E-state index is 13.4. The number of hydrogen-bond acceptors (Lipinski definition) is 3. The fourth-order valence-corrected chi connectivity index (χ4v) is 2.62. The van der Waals surface area contributed by atoms with E-state index in [-0.39, 0.29) is 12.4 Å². The summed E-state index contributed by atoms with van der Waals surface area (Å²) in [5, 5.41) is 13.0. The van der Waals surface area contributed by atoms with Crippen molar-refractivity contribution < 1.29 is 18.3 Å². The fraction of sp³-hybridized carbons (Fsp3) is 0.643. The molecule has 0 aromatic carbocycles. The molecule has 1 aliphatic rings. The number of halogens is 3. The van der Waals surface area contributed by atoms with Crippen LogP contribution < -0.4 is 5.32 Å². The van der Waals surface area contributed by atoms with E-state index in [2.05, 4.69) is 17.2 Å². The Morgan fingerprint density at radius 2 is 1.95 bits per heavy atom. The molecule has 6 heteroatoms. The van der Waals surface area contributed by atoms with E-state index < -0.39 is 23.2 Å². The van der Waals surface area contributed by atoms with Gasteiger partial charge in [0.25, 0.3) is 5.95 Å². The lowest BCUT2D eigenvalue weighted by Crippen LogP contribution is -2.40. The predicted octanol–water partition coefficient (Wildman–Crippen LogP) is 3.24. The first kappa shape index (κ1) is 15.1. The van der Waals surface area contributed by atoms with Crippen LogP contribution in [0.5, 0.6) is 0 Å². The van der Waals surface area contributed by atoms with Gasteiger partial charge in [0.05, 0.1) is 5.60 Å². The van der Waals surface area contributed by atoms with E-state index >= 15 is 0 Å². The van der Waals surface area contributed by atoms with Crippen molar-refractivity contribution in [2.24, 2.45) is 5.92 Å². The monoisotopic (exact) mass is 288 g/mol. The van der Waals surface area contributed by atoms with Crippen molar-refractivity contribution in [1.82, 2.24) is 4.98 Å². The molecule has 1 heterocycles. The normalized spacial score (nSPS) is 26.6. The van der Waals surface area contributed by atoms with Gasteiger partial charge in [0, 0.05) is 12.6 Å². The van der Waals surface area contributed by atoms with E-state index in [0.717, 1.165) is 19.3 Å². The third-order valence-corrected chi connectivity index (χ3v) is 4.08. The lowest BCUT2D eigenvalue weighted by atomic mass is 9.78. The van der Waals surface area contributed by atoms with Crippen molar-refractivity contribution >= 4 is 5.82 Å². The van der Waals surface area contributed by atoms with E-state index in [0.29, 0.717) is 24.8 Å². The van der Waals surface area contributed by atoms with Crippen LogP contribution in [-0.4, -0.2) is 22.2 Å². The maximum Gasteiger partial charge on any atom is 0.251 e. The largest absolute Gasteiger partial charge is 0.388 e. The number of aliphatic hydroxyl groups is 1. The first-order valence-corrected chi connectivity index (χ1v) is 6.91. The van der Waals surface area contributed by atoms with Gasteiger partial charge in [-0.25, -0.2) is 8.78 Å². The number of nitrogens with one attached hydrogen (secondary N) is 1. The quantitative estimate of drug-likeness (QED) is 0.836. The molecule has 0 saturated heterocycles. The molecular weight excluding hydrogens is 269 g/mol. The zero-order valence-electron chi connectivity index (χ0n) is 11.4. The highest BCUT2D eigenvalue weighted by molar-refractivity contribution is 5.36. The van der Waals surface area contributed by atoms with Crippen molar-refractivity contribution in [3.05, 3.63) is 23.6 Å². The molecule has 0 radical (unpaired) electrons. The van der Waals surface area contributed by atoms with E-state index in [1.54, 1.807) is 0 Å². The molecule has 0 aliphatic heterocycles. The SMILES string of the molecule is CCC1CCC(O)(CNc2nc(F)c(F)cc2F)CC1. The van der Waals surface area contributed by atoms with Crippen molar-refractivity contribution in [3.63, 3.8) is 0 Å².